The molecule has 1 N–H and O–H groups in total. The molecule has 4 nitrogen and oxygen atoms in total. The molecule has 2 rings (SSSR count). The van der Waals surface area contributed by atoms with Gasteiger partial charge in [0, 0.05) is 18.8 Å². The Kier molecular flexibility index (Phi) is 4.30. The zero-order valence-corrected chi connectivity index (χ0v) is 11.3. The van der Waals surface area contributed by atoms with E-state index in [1.165, 1.54) is 6.20 Å². The molecule has 2 aromatic rings. The van der Waals surface area contributed by atoms with Crippen molar-refractivity contribution in [2.24, 2.45) is 0 Å². The second-order valence-corrected chi connectivity index (χ2v) is 4.42. The summed E-state index contributed by atoms with van der Waals surface area (Å²) in [6.07, 6.45) is -3.12. The van der Waals surface area contributed by atoms with Gasteiger partial charge in [0.15, 0.2) is 0 Å². The zero-order chi connectivity index (χ0) is 15.5. The summed E-state index contributed by atoms with van der Waals surface area (Å²) in [7, 11) is 0. The second-order valence-electron chi connectivity index (χ2n) is 4.42. The molecule has 0 bridgehead atoms. The average molecular weight is 297 g/mol. The molecule has 0 radical (unpaired) electrons. The van der Waals surface area contributed by atoms with E-state index >= 15 is 0 Å². The largest absolute Gasteiger partial charge is 0.431 e. The van der Waals surface area contributed by atoms with Crippen molar-refractivity contribution >= 4 is 5.82 Å². The van der Waals surface area contributed by atoms with Gasteiger partial charge < -0.3 is 5.32 Å². The SMILES string of the molecule is CCNc1ccc(Cn2c(C(F)(F)F)cccc2=O)cn1. The number of hydrogen-bond donors (Lipinski definition) is 1. The van der Waals surface area contributed by atoms with Crippen molar-refractivity contribution in [3.8, 4) is 0 Å². The van der Waals surface area contributed by atoms with Gasteiger partial charge in [-0.05, 0) is 24.6 Å². The standard InChI is InChI=1S/C14H14F3N3O/c1-2-18-12-7-6-10(8-19-12)9-20-11(14(15,16)17)4-3-5-13(20)21/h3-8H,2,9H2,1H3,(H,18,19). The van der Waals surface area contributed by atoms with Crippen LogP contribution in [0.15, 0.2) is 41.3 Å². The normalized spacial score (nSPS) is 11.4. The minimum Gasteiger partial charge on any atom is -0.370 e. The van der Waals surface area contributed by atoms with E-state index in [4.69, 9.17) is 0 Å². The molecule has 0 atom stereocenters. The molecule has 0 saturated carbocycles. The molecule has 0 fully saturated rings. The van der Waals surface area contributed by atoms with E-state index < -0.39 is 17.4 Å². The lowest BCUT2D eigenvalue weighted by molar-refractivity contribution is -0.144. The minimum absolute atomic E-state index is 0.173. The number of alkyl halides is 3. The quantitative estimate of drug-likeness (QED) is 0.944. The van der Waals surface area contributed by atoms with Crippen LogP contribution in [-0.2, 0) is 12.7 Å². The predicted octanol–water partition coefficient (Wildman–Crippen LogP) is 2.74. The molecular weight excluding hydrogens is 283 g/mol. The summed E-state index contributed by atoms with van der Waals surface area (Å²) in [4.78, 5) is 15.8. The van der Waals surface area contributed by atoms with E-state index in [1.807, 2.05) is 6.92 Å². The fraction of sp³-hybridized carbons (Fsp3) is 0.286. The number of nitrogens with one attached hydrogen (secondary N) is 1. The van der Waals surface area contributed by atoms with Crippen LogP contribution < -0.4 is 10.9 Å². The van der Waals surface area contributed by atoms with Gasteiger partial charge >= 0.3 is 6.18 Å². The molecule has 0 aliphatic heterocycles. The van der Waals surface area contributed by atoms with Crippen molar-refractivity contribution in [2.45, 2.75) is 19.6 Å². The molecule has 2 aromatic heterocycles. The molecule has 7 heteroatoms. The first kappa shape index (κ1) is 15.1. The minimum atomic E-state index is -4.57. The summed E-state index contributed by atoms with van der Waals surface area (Å²) in [6.45, 7) is 2.44. The summed E-state index contributed by atoms with van der Waals surface area (Å²) >= 11 is 0. The molecular formula is C14H14F3N3O. The summed E-state index contributed by atoms with van der Waals surface area (Å²) in [6, 6.07) is 6.41. The van der Waals surface area contributed by atoms with E-state index in [0.717, 1.165) is 18.2 Å². The molecule has 0 unspecified atom stereocenters. The number of rotatable bonds is 4. The van der Waals surface area contributed by atoms with Gasteiger partial charge in [-0.1, -0.05) is 12.1 Å². The van der Waals surface area contributed by atoms with Gasteiger partial charge in [0.1, 0.15) is 11.5 Å². The Morgan fingerprint density at radius 1 is 1.24 bits per heavy atom. The van der Waals surface area contributed by atoms with Gasteiger partial charge in [-0.25, -0.2) is 4.98 Å². The Hall–Kier alpha value is -2.31. The van der Waals surface area contributed by atoms with Gasteiger partial charge in [-0.2, -0.15) is 13.2 Å². The van der Waals surface area contributed by atoms with Crippen molar-refractivity contribution in [1.29, 1.82) is 0 Å². The molecule has 0 aromatic carbocycles. The number of nitrogens with zero attached hydrogens (tertiary/aromatic N) is 2. The van der Waals surface area contributed by atoms with E-state index in [0.29, 0.717) is 22.5 Å². The van der Waals surface area contributed by atoms with Gasteiger partial charge in [0.05, 0.1) is 6.54 Å². The Balaban J connectivity index is 2.33. The van der Waals surface area contributed by atoms with E-state index in [2.05, 4.69) is 10.3 Å². The second kappa shape index (κ2) is 5.99. The Bertz CT molecular complexity index is 662. The molecule has 0 amide bonds. The third-order valence-electron chi connectivity index (χ3n) is 2.86. The van der Waals surface area contributed by atoms with E-state index in [1.54, 1.807) is 12.1 Å². The van der Waals surface area contributed by atoms with Crippen LogP contribution in [0.5, 0.6) is 0 Å². The topological polar surface area (TPSA) is 46.9 Å². The lowest BCUT2D eigenvalue weighted by Gasteiger charge is -2.15. The molecule has 21 heavy (non-hydrogen) atoms. The van der Waals surface area contributed by atoms with Crippen LogP contribution in [-0.4, -0.2) is 16.1 Å². The molecule has 0 aliphatic rings. The maximum atomic E-state index is 12.9. The highest BCUT2D eigenvalue weighted by Gasteiger charge is 2.34. The molecule has 0 saturated heterocycles. The average Bonchev–Trinajstić information content (AvgIpc) is 2.42. The lowest BCUT2D eigenvalue weighted by atomic mass is 10.2. The van der Waals surface area contributed by atoms with Crippen molar-refractivity contribution in [3.05, 3.63) is 58.1 Å². The van der Waals surface area contributed by atoms with Crippen LogP contribution >= 0.6 is 0 Å². The van der Waals surface area contributed by atoms with Crippen LogP contribution in [0.25, 0.3) is 0 Å². The van der Waals surface area contributed by atoms with Crippen molar-refractivity contribution in [3.63, 3.8) is 0 Å². The number of hydrogen-bond acceptors (Lipinski definition) is 3. The third kappa shape index (κ3) is 3.62. The van der Waals surface area contributed by atoms with Crippen LogP contribution in [0.1, 0.15) is 18.2 Å². The predicted molar refractivity (Wildman–Crippen MR) is 73.2 cm³/mol. The molecule has 0 aliphatic carbocycles. The first-order valence-corrected chi connectivity index (χ1v) is 6.37. The highest BCUT2D eigenvalue weighted by molar-refractivity contribution is 5.35. The van der Waals surface area contributed by atoms with Gasteiger partial charge in [-0.3, -0.25) is 9.36 Å². The van der Waals surface area contributed by atoms with Crippen molar-refractivity contribution in [2.75, 3.05) is 11.9 Å². The van der Waals surface area contributed by atoms with Gasteiger partial charge in [0.2, 0.25) is 0 Å². The maximum absolute atomic E-state index is 12.9. The van der Waals surface area contributed by atoms with Crippen LogP contribution in [0.3, 0.4) is 0 Å². The van der Waals surface area contributed by atoms with Crippen LogP contribution in [0, 0.1) is 0 Å². The lowest BCUT2D eigenvalue weighted by Crippen LogP contribution is -2.27. The number of halogens is 3. The van der Waals surface area contributed by atoms with Gasteiger partial charge in [0.25, 0.3) is 5.56 Å². The summed E-state index contributed by atoms with van der Waals surface area (Å²) in [5.74, 6) is 0.637. The first-order valence-electron chi connectivity index (χ1n) is 6.37. The summed E-state index contributed by atoms with van der Waals surface area (Å²) in [5, 5.41) is 2.99. The Morgan fingerprint density at radius 3 is 2.57 bits per heavy atom. The fourth-order valence-electron chi connectivity index (χ4n) is 1.92. The third-order valence-corrected chi connectivity index (χ3v) is 2.86. The van der Waals surface area contributed by atoms with Gasteiger partial charge in [-0.15, -0.1) is 0 Å². The smallest absolute Gasteiger partial charge is 0.370 e. The number of aromatic nitrogens is 2. The molecule has 2 heterocycles. The maximum Gasteiger partial charge on any atom is 0.431 e. The Labute approximate surface area is 119 Å². The number of anilines is 1. The van der Waals surface area contributed by atoms with Crippen molar-refractivity contribution < 1.29 is 13.2 Å². The van der Waals surface area contributed by atoms with Crippen LogP contribution in [0.4, 0.5) is 19.0 Å². The summed E-state index contributed by atoms with van der Waals surface area (Å²) < 4.78 is 39.4. The molecule has 0 spiro atoms. The van der Waals surface area contributed by atoms with Crippen LogP contribution in [0.2, 0.25) is 0 Å². The van der Waals surface area contributed by atoms with E-state index in [-0.39, 0.29) is 6.54 Å². The highest BCUT2D eigenvalue weighted by Crippen LogP contribution is 2.28. The summed E-state index contributed by atoms with van der Waals surface area (Å²) in [5.41, 5.74) is -1.14. The highest BCUT2D eigenvalue weighted by atomic mass is 19.4. The van der Waals surface area contributed by atoms with Crippen molar-refractivity contribution in [1.82, 2.24) is 9.55 Å². The monoisotopic (exact) mass is 297 g/mol. The first-order chi connectivity index (χ1) is 9.91. The fourth-order valence-corrected chi connectivity index (χ4v) is 1.92. The zero-order valence-electron chi connectivity index (χ0n) is 11.3. The Morgan fingerprint density at radius 2 is 2.00 bits per heavy atom. The number of pyridine rings is 2. The van der Waals surface area contributed by atoms with E-state index in [9.17, 15) is 18.0 Å². The molecule has 112 valence electrons.